The summed E-state index contributed by atoms with van der Waals surface area (Å²) in [4.78, 5) is 13.2. The van der Waals surface area contributed by atoms with Gasteiger partial charge in [-0.15, -0.1) is 0 Å². The van der Waals surface area contributed by atoms with E-state index in [1.807, 2.05) is 0 Å². The van der Waals surface area contributed by atoms with Crippen LogP contribution in [-0.2, 0) is 4.79 Å². The summed E-state index contributed by atoms with van der Waals surface area (Å²) in [5.41, 5.74) is 0. The molecular weight excluding hydrogens is 166 g/mol. The highest BCUT2D eigenvalue weighted by atomic mass is 16.4. The maximum absolute atomic E-state index is 11.0. The number of hydrogen-bond acceptors (Lipinski definition) is 2. The highest BCUT2D eigenvalue weighted by Crippen LogP contribution is 2.30. The fraction of sp³-hybridized carbons (Fsp3) is 0.900. The van der Waals surface area contributed by atoms with Crippen LogP contribution in [0.1, 0.15) is 38.5 Å². The number of piperidine rings is 1. The Hall–Kier alpha value is -0.570. The van der Waals surface area contributed by atoms with E-state index in [0.717, 1.165) is 19.4 Å². The van der Waals surface area contributed by atoms with Gasteiger partial charge in [0.1, 0.15) is 6.04 Å². The van der Waals surface area contributed by atoms with Gasteiger partial charge in [0.2, 0.25) is 0 Å². The normalized spacial score (nSPS) is 31.2. The first-order chi connectivity index (χ1) is 6.29. The quantitative estimate of drug-likeness (QED) is 0.705. The fourth-order valence-corrected chi connectivity index (χ4v) is 2.37. The fourth-order valence-electron chi connectivity index (χ4n) is 2.37. The minimum Gasteiger partial charge on any atom is -0.480 e. The first-order valence-corrected chi connectivity index (χ1v) is 5.27. The molecule has 0 amide bonds. The van der Waals surface area contributed by atoms with Crippen molar-refractivity contribution < 1.29 is 9.90 Å². The molecule has 3 heteroatoms. The van der Waals surface area contributed by atoms with Crippen LogP contribution in [0.25, 0.3) is 0 Å². The molecule has 2 aliphatic rings. The van der Waals surface area contributed by atoms with E-state index in [9.17, 15) is 4.79 Å². The van der Waals surface area contributed by atoms with E-state index < -0.39 is 5.97 Å². The van der Waals surface area contributed by atoms with Crippen molar-refractivity contribution in [3.05, 3.63) is 0 Å². The van der Waals surface area contributed by atoms with Gasteiger partial charge in [-0.1, -0.05) is 12.8 Å². The summed E-state index contributed by atoms with van der Waals surface area (Å²) in [6.07, 6.45) is 6.83. The van der Waals surface area contributed by atoms with Gasteiger partial charge in [0.05, 0.1) is 0 Å². The maximum Gasteiger partial charge on any atom is 0.320 e. The van der Waals surface area contributed by atoms with Gasteiger partial charge in [-0.2, -0.15) is 0 Å². The van der Waals surface area contributed by atoms with Crippen LogP contribution in [0.15, 0.2) is 0 Å². The zero-order valence-electron chi connectivity index (χ0n) is 7.91. The highest BCUT2D eigenvalue weighted by Gasteiger charge is 2.35. The van der Waals surface area contributed by atoms with Gasteiger partial charge < -0.3 is 5.11 Å². The number of nitrogens with zero attached hydrogens (tertiary/aromatic N) is 1. The van der Waals surface area contributed by atoms with Gasteiger partial charge in [0, 0.05) is 6.04 Å². The SMILES string of the molecule is O=C(O)[C@@H]1CCCCN1C1CCC1. The standard InChI is InChI=1S/C10H17NO2/c12-10(13)9-6-1-2-7-11(9)8-4-3-5-8/h8-9H,1-7H2,(H,12,13)/t9-/m0/s1. The molecule has 0 unspecified atom stereocenters. The van der Waals surface area contributed by atoms with Gasteiger partial charge in [0.25, 0.3) is 0 Å². The zero-order chi connectivity index (χ0) is 9.26. The van der Waals surface area contributed by atoms with Crippen LogP contribution in [0.5, 0.6) is 0 Å². The number of carboxylic acid groups (broad SMARTS) is 1. The van der Waals surface area contributed by atoms with Crippen LogP contribution in [0.2, 0.25) is 0 Å². The largest absolute Gasteiger partial charge is 0.480 e. The molecule has 3 nitrogen and oxygen atoms in total. The Morgan fingerprint density at radius 3 is 2.46 bits per heavy atom. The van der Waals surface area contributed by atoms with E-state index in [1.165, 1.54) is 25.7 Å². The summed E-state index contributed by atoms with van der Waals surface area (Å²) < 4.78 is 0. The number of hydrogen-bond donors (Lipinski definition) is 1. The second kappa shape index (κ2) is 3.66. The lowest BCUT2D eigenvalue weighted by Gasteiger charge is -2.43. The first kappa shape index (κ1) is 9.00. The van der Waals surface area contributed by atoms with Crippen molar-refractivity contribution in [2.75, 3.05) is 6.54 Å². The smallest absolute Gasteiger partial charge is 0.320 e. The Labute approximate surface area is 78.7 Å². The molecule has 0 aromatic rings. The van der Waals surface area contributed by atoms with Crippen LogP contribution in [0, 0.1) is 0 Å². The Kier molecular flexibility index (Phi) is 2.54. The van der Waals surface area contributed by atoms with Gasteiger partial charge in [-0.25, -0.2) is 0 Å². The second-order valence-electron chi connectivity index (χ2n) is 4.17. The van der Waals surface area contributed by atoms with Gasteiger partial charge in [-0.3, -0.25) is 9.69 Å². The van der Waals surface area contributed by atoms with Crippen LogP contribution >= 0.6 is 0 Å². The van der Waals surface area contributed by atoms with Crippen molar-refractivity contribution in [1.82, 2.24) is 4.90 Å². The van der Waals surface area contributed by atoms with E-state index >= 15 is 0 Å². The molecule has 2 rings (SSSR count). The van der Waals surface area contributed by atoms with E-state index in [0.29, 0.717) is 6.04 Å². The summed E-state index contributed by atoms with van der Waals surface area (Å²) in [5.74, 6) is -0.619. The molecule has 2 fully saturated rings. The lowest BCUT2D eigenvalue weighted by Crippen LogP contribution is -2.52. The predicted octanol–water partition coefficient (Wildman–Crippen LogP) is 1.48. The molecule has 1 saturated carbocycles. The van der Waals surface area contributed by atoms with E-state index in [-0.39, 0.29) is 6.04 Å². The van der Waals surface area contributed by atoms with Crippen molar-refractivity contribution in [2.45, 2.75) is 50.6 Å². The van der Waals surface area contributed by atoms with Gasteiger partial charge >= 0.3 is 5.97 Å². The molecule has 1 heterocycles. The second-order valence-corrected chi connectivity index (χ2v) is 4.17. The van der Waals surface area contributed by atoms with Crippen LogP contribution in [-0.4, -0.2) is 34.6 Å². The summed E-state index contributed by atoms with van der Waals surface area (Å²) in [6, 6.07) is 0.403. The molecule has 1 aliphatic heterocycles. The molecule has 0 bridgehead atoms. The third-order valence-electron chi connectivity index (χ3n) is 3.37. The van der Waals surface area contributed by atoms with Crippen molar-refractivity contribution >= 4 is 5.97 Å². The molecule has 1 atom stereocenters. The molecule has 0 spiro atoms. The third-order valence-corrected chi connectivity index (χ3v) is 3.37. The number of aliphatic carboxylic acids is 1. The third kappa shape index (κ3) is 1.70. The van der Waals surface area contributed by atoms with Crippen molar-refractivity contribution in [2.24, 2.45) is 0 Å². The average molecular weight is 183 g/mol. The Balaban J connectivity index is 1.99. The van der Waals surface area contributed by atoms with Crippen molar-refractivity contribution in [3.8, 4) is 0 Å². The van der Waals surface area contributed by atoms with Gasteiger partial charge in [0.15, 0.2) is 0 Å². The monoisotopic (exact) mass is 183 g/mol. The van der Waals surface area contributed by atoms with Crippen LogP contribution < -0.4 is 0 Å². The van der Waals surface area contributed by atoms with Gasteiger partial charge in [-0.05, 0) is 32.2 Å². The van der Waals surface area contributed by atoms with Crippen LogP contribution in [0.4, 0.5) is 0 Å². The molecule has 0 aromatic carbocycles. The molecular formula is C10H17NO2. The molecule has 74 valence electrons. The van der Waals surface area contributed by atoms with E-state index in [4.69, 9.17) is 5.11 Å². The Morgan fingerprint density at radius 2 is 1.92 bits per heavy atom. The lowest BCUT2D eigenvalue weighted by molar-refractivity contribution is -0.146. The number of rotatable bonds is 2. The Bertz CT molecular complexity index is 201. The summed E-state index contributed by atoms with van der Waals surface area (Å²) >= 11 is 0. The number of likely N-dealkylation sites (tertiary alicyclic amines) is 1. The van der Waals surface area contributed by atoms with Crippen molar-refractivity contribution in [1.29, 1.82) is 0 Å². The molecule has 1 aliphatic carbocycles. The summed E-state index contributed by atoms with van der Waals surface area (Å²) in [7, 11) is 0. The topological polar surface area (TPSA) is 40.5 Å². The molecule has 1 saturated heterocycles. The van der Waals surface area contributed by atoms with Crippen LogP contribution in [0.3, 0.4) is 0 Å². The first-order valence-electron chi connectivity index (χ1n) is 5.27. The van der Waals surface area contributed by atoms with E-state index in [2.05, 4.69) is 4.90 Å². The lowest BCUT2D eigenvalue weighted by atomic mass is 9.87. The molecule has 0 aromatic heterocycles. The van der Waals surface area contributed by atoms with E-state index in [1.54, 1.807) is 0 Å². The highest BCUT2D eigenvalue weighted by molar-refractivity contribution is 5.73. The maximum atomic E-state index is 11.0. The molecule has 0 radical (unpaired) electrons. The molecule has 1 N–H and O–H groups in total. The predicted molar refractivity (Wildman–Crippen MR) is 49.6 cm³/mol. The minimum atomic E-state index is -0.619. The Morgan fingerprint density at radius 1 is 1.15 bits per heavy atom. The summed E-state index contributed by atoms with van der Waals surface area (Å²) in [5, 5.41) is 9.04. The number of carboxylic acids is 1. The zero-order valence-corrected chi connectivity index (χ0v) is 7.91. The molecule has 13 heavy (non-hydrogen) atoms. The van der Waals surface area contributed by atoms with Crippen molar-refractivity contribution in [3.63, 3.8) is 0 Å². The average Bonchev–Trinajstić information content (AvgIpc) is 2.02. The number of carbonyl (C=O) groups is 1. The summed E-state index contributed by atoms with van der Waals surface area (Å²) in [6.45, 7) is 1.00. The minimum absolute atomic E-state index is 0.181.